The monoisotopic (exact) mass is 398 g/mol. The number of aromatic carboxylic acids is 1. The standard InChI is InChI=1S/C19H22N6O4/c1-10-8-12(17(27)28)9-11(2)14(10)29-19-23-15-13(16(26)24(19)3)21-18(22-15)25-6-4-20-5-7-25/h8-9,20H,4-7H2,1-3H3,(H,21,22)(H,27,28). The summed E-state index contributed by atoms with van der Waals surface area (Å²) in [5.41, 5.74) is 1.77. The largest absolute Gasteiger partial charge is 0.478 e. The molecular formula is C19H22N6O4. The van der Waals surface area contributed by atoms with Gasteiger partial charge in [-0.25, -0.2) is 4.79 Å². The van der Waals surface area contributed by atoms with E-state index in [9.17, 15) is 14.7 Å². The summed E-state index contributed by atoms with van der Waals surface area (Å²) in [5.74, 6) is 0.0720. The number of nitrogens with zero attached hydrogens (tertiary/aromatic N) is 4. The van der Waals surface area contributed by atoms with Crippen LogP contribution in [0.25, 0.3) is 11.2 Å². The van der Waals surface area contributed by atoms with Crippen LogP contribution in [-0.2, 0) is 7.05 Å². The number of imidazole rings is 1. The third-order valence-electron chi connectivity index (χ3n) is 5.00. The number of aromatic amines is 1. The molecule has 0 radical (unpaired) electrons. The number of carboxylic acid groups (broad SMARTS) is 1. The molecule has 0 unspecified atom stereocenters. The molecule has 0 atom stereocenters. The number of benzene rings is 1. The molecule has 29 heavy (non-hydrogen) atoms. The first kappa shape index (κ1) is 18.9. The van der Waals surface area contributed by atoms with Gasteiger partial charge in [0.1, 0.15) is 5.75 Å². The molecule has 152 valence electrons. The Morgan fingerprint density at radius 3 is 2.45 bits per heavy atom. The third-order valence-corrected chi connectivity index (χ3v) is 5.00. The van der Waals surface area contributed by atoms with E-state index in [1.807, 2.05) is 0 Å². The Morgan fingerprint density at radius 1 is 1.17 bits per heavy atom. The quantitative estimate of drug-likeness (QED) is 0.598. The van der Waals surface area contributed by atoms with Crippen LogP contribution in [0.2, 0.25) is 0 Å². The molecule has 0 aliphatic carbocycles. The molecule has 10 heteroatoms. The van der Waals surface area contributed by atoms with Crippen molar-refractivity contribution in [2.45, 2.75) is 13.8 Å². The Hall–Kier alpha value is -3.40. The fourth-order valence-electron chi connectivity index (χ4n) is 3.45. The average Bonchev–Trinajstić information content (AvgIpc) is 3.13. The van der Waals surface area contributed by atoms with Crippen molar-refractivity contribution in [2.75, 3.05) is 31.1 Å². The number of aryl methyl sites for hydroxylation is 2. The zero-order chi connectivity index (χ0) is 20.7. The van der Waals surface area contributed by atoms with Gasteiger partial charge in [0, 0.05) is 33.2 Å². The first-order valence-electron chi connectivity index (χ1n) is 9.30. The van der Waals surface area contributed by atoms with Crippen LogP contribution in [0.4, 0.5) is 5.95 Å². The Morgan fingerprint density at radius 2 is 1.83 bits per heavy atom. The molecule has 3 heterocycles. The number of H-pyrrole nitrogens is 1. The van der Waals surface area contributed by atoms with E-state index in [2.05, 4.69) is 25.2 Å². The van der Waals surface area contributed by atoms with Gasteiger partial charge in [0.25, 0.3) is 5.56 Å². The smallest absolute Gasteiger partial charge is 0.335 e. The van der Waals surface area contributed by atoms with Crippen LogP contribution in [0, 0.1) is 13.8 Å². The minimum Gasteiger partial charge on any atom is -0.478 e. The van der Waals surface area contributed by atoms with E-state index in [1.165, 1.54) is 16.7 Å². The van der Waals surface area contributed by atoms with E-state index in [0.29, 0.717) is 28.3 Å². The fourth-order valence-corrected chi connectivity index (χ4v) is 3.45. The molecule has 1 aliphatic rings. The molecule has 1 aliphatic heterocycles. The third kappa shape index (κ3) is 3.42. The van der Waals surface area contributed by atoms with Crippen molar-refractivity contribution >= 4 is 23.1 Å². The number of piperazine rings is 1. The Labute approximate surface area is 166 Å². The second kappa shape index (κ2) is 7.21. The first-order chi connectivity index (χ1) is 13.8. The van der Waals surface area contributed by atoms with E-state index in [4.69, 9.17) is 4.74 Å². The van der Waals surface area contributed by atoms with Crippen LogP contribution in [0.15, 0.2) is 16.9 Å². The van der Waals surface area contributed by atoms with E-state index >= 15 is 0 Å². The van der Waals surface area contributed by atoms with E-state index in [-0.39, 0.29) is 22.8 Å². The highest BCUT2D eigenvalue weighted by molar-refractivity contribution is 5.88. The predicted molar refractivity (Wildman–Crippen MR) is 107 cm³/mol. The summed E-state index contributed by atoms with van der Waals surface area (Å²) in [6, 6.07) is 3.14. The van der Waals surface area contributed by atoms with Crippen LogP contribution < -0.4 is 20.5 Å². The SMILES string of the molecule is Cc1cc(C(=O)O)cc(C)c1Oc1nc2nc(N3CCNCC3)[nH]c2c(=O)n1C. The highest BCUT2D eigenvalue weighted by atomic mass is 16.5. The van der Waals surface area contributed by atoms with Crippen molar-refractivity contribution in [3.63, 3.8) is 0 Å². The van der Waals surface area contributed by atoms with Gasteiger partial charge in [-0.15, -0.1) is 0 Å². The van der Waals surface area contributed by atoms with Gasteiger partial charge in [-0.05, 0) is 37.1 Å². The molecule has 1 fully saturated rings. The number of nitrogens with one attached hydrogen (secondary N) is 2. The topological polar surface area (TPSA) is 125 Å². The van der Waals surface area contributed by atoms with E-state index < -0.39 is 5.97 Å². The predicted octanol–water partition coefficient (Wildman–Crippen LogP) is 1.17. The minimum absolute atomic E-state index is 0.0927. The minimum atomic E-state index is -1.01. The van der Waals surface area contributed by atoms with E-state index in [0.717, 1.165) is 26.2 Å². The van der Waals surface area contributed by atoms with Crippen molar-refractivity contribution in [3.8, 4) is 11.8 Å². The van der Waals surface area contributed by atoms with Crippen molar-refractivity contribution in [3.05, 3.63) is 39.2 Å². The molecule has 1 aromatic carbocycles. The summed E-state index contributed by atoms with van der Waals surface area (Å²) in [4.78, 5) is 38.1. The van der Waals surface area contributed by atoms with Gasteiger partial charge in [-0.3, -0.25) is 9.36 Å². The van der Waals surface area contributed by atoms with Crippen molar-refractivity contribution in [2.24, 2.45) is 7.05 Å². The van der Waals surface area contributed by atoms with Crippen molar-refractivity contribution < 1.29 is 14.6 Å². The van der Waals surface area contributed by atoms with Gasteiger partial charge in [0.15, 0.2) is 11.2 Å². The molecule has 3 aromatic rings. The van der Waals surface area contributed by atoms with E-state index in [1.54, 1.807) is 20.9 Å². The zero-order valence-electron chi connectivity index (χ0n) is 16.4. The first-order valence-corrected chi connectivity index (χ1v) is 9.30. The van der Waals surface area contributed by atoms with Crippen LogP contribution in [0.5, 0.6) is 11.8 Å². The Balaban J connectivity index is 1.74. The number of aromatic nitrogens is 4. The van der Waals surface area contributed by atoms with Crippen LogP contribution >= 0.6 is 0 Å². The number of carbonyl (C=O) groups is 1. The normalized spacial score (nSPS) is 14.4. The summed E-state index contributed by atoms with van der Waals surface area (Å²) < 4.78 is 7.24. The number of hydrogen-bond acceptors (Lipinski definition) is 7. The van der Waals surface area contributed by atoms with Crippen LogP contribution in [0.1, 0.15) is 21.5 Å². The lowest BCUT2D eigenvalue weighted by Gasteiger charge is -2.26. The number of carboxylic acids is 1. The fraction of sp³-hybridized carbons (Fsp3) is 0.368. The molecule has 0 spiro atoms. The Kier molecular flexibility index (Phi) is 4.71. The van der Waals surface area contributed by atoms with Crippen molar-refractivity contribution in [1.82, 2.24) is 24.8 Å². The lowest BCUT2D eigenvalue weighted by molar-refractivity contribution is 0.0696. The molecule has 1 saturated heterocycles. The maximum atomic E-state index is 12.8. The number of hydrogen-bond donors (Lipinski definition) is 3. The lowest BCUT2D eigenvalue weighted by Crippen LogP contribution is -2.44. The highest BCUT2D eigenvalue weighted by Crippen LogP contribution is 2.29. The van der Waals surface area contributed by atoms with Gasteiger partial charge >= 0.3 is 12.0 Å². The molecule has 4 rings (SSSR count). The highest BCUT2D eigenvalue weighted by Gasteiger charge is 2.20. The van der Waals surface area contributed by atoms with Crippen LogP contribution in [-0.4, -0.2) is 56.8 Å². The van der Waals surface area contributed by atoms with Crippen LogP contribution in [0.3, 0.4) is 0 Å². The number of anilines is 1. The Bertz CT molecular complexity index is 1140. The number of rotatable bonds is 4. The summed E-state index contributed by atoms with van der Waals surface area (Å²) in [5, 5.41) is 12.5. The molecule has 3 N–H and O–H groups in total. The molecular weight excluding hydrogens is 376 g/mol. The summed E-state index contributed by atoms with van der Waals surface area (Å²) in [6.45, 7) is 6.78. The maximum absolute atomic E-state index is 12.8. The summed E-state index contributed by atoms with van der Waals surface area (Å²) in [7, 11) is 1.58. The molecule has 0 amide bonds. The second-order valence-corrected chi connectivity index (χ2v) is 7.10. The maximum Gasteiger partial charge on any atom is 0.335 e. The van der Waals surface area contributed by atoms with Gasteiger partial charge in [0.2, 0.25) is 5.95 Å². The molecule has 10 nitrogen and oxygen atoms in total. The molecule has 0 bridgehead atoms. The molecule has 2 aromatic heterocycles. The molecule has 0 saturated carbocycles. The van der Waals surface area contributed by atoms with Gasteiger partial charge in [-0.1, -0.05) is 0 Å². The second-order valence-electron chi connectivity index (χ2n) is 7.10. The number of fused-ring (bicyclic) bond motifs is 1. The zero-order valence-corrected chi connectivity index (χ0v) is 16.4. The number of ether oxygens (including phenoxy) is 1. The van der Waals surface area contributed by atoms with Gasteiger partial charge in [-0.2, -0.15) is 9.97 Å². The van der Waals surface area contributed by atoms with Crippen molar-refractivity contribution in [1.29, 1.82) is 0 Å². The van der Waals surface area contributed by atoms with Gasteiger partial charge < -0.3 is 25.0 Å². The van der Waals surface area contributed by atoms with Gasteiger partial charge in [0.05, 0.1) is 5.56 Å². The summed E-state index contributed by atoms with van der Waals surface area (Å²) >= 11 is 0. The summed E-state index contributed by atoms with van der Waals surface area (Å²) in [6.07, 6.45) is 0. The average molecular weight is 398 g/mol. The lowest BCUT2D eigenvalue weighted by atomic mass is 10.1.